The van der Waals surface area contributed by atoms with Gasteiger partial charge in [0.15, 0.2) is 0 Å². The topological polar surface area (TPSA) is 38.0 Å². The number of nitrogens with one attached hydrogen (secondary N) is 1. The fourth-order valence-electron chi connectivity index (χ4n) is 2.90. The van der Waals surface area contributed by atoms with E-state index in [0.717, 1.165) is 24.9 Å². The first-order valence-electron chi connectivity index (χ1n) is 5.94. The van der Waals surface area contributed by atoms with Crippen LogP contribution in [0.2, 0.25) is 0 Å². The third-order valence-corrected chi connectivity index (χ3v) is 3.73. The van der Waals surface area contributed by atoms with E-state index in [9.17, 15) is 0 Å². The highest BCUT2D eigenvalue weighted by atomic mass is 14.9. The van der Waals surface area contributed by atoms with Gasteiger partial charge in [-0.15, -0.1) is 0 Å². The van der Waals surface area contributed by atoms with Gasteiger partial charge in [0.1, 0.15) is 0 Å². The smallest absolute Gasteiger partial charge is 0.0354 e. The van der Waals surface area contributed by atoms with E-state index in [1.54, 1.807) is 5.57 Å². The Labute approximate surface area is 86.9 Å². The first-order chi connectivity index (χ1) is 6.77. The quantitative estimate of drug-likeness (QED) is 0.623. The van der Waals surface area contributed by atoms with E-state index in [2.05, 4.69) is 18.3 Å². The highest BCUT2D eigenvalue weighted by molar-refractivity contribution is 5.17. The fourth-order valence-corrected chi connectivity index (χ4v) is 2.90. The average molecular weight is 194 g/mol. The van der Waals surface area contributed by atoms with Gasteiger partial charge < -0.3 is 11.1 Å². The molecule has 2 aliphatic rings. The Kier molecular flexibility index (Phi) is 3.24. The fraction of sp³-hybridized carbons (Fsp3) is 0.833. The molecule has 1 fully saturated rings. The van der Waals surface area contributed by atoms with Gasteiger partial charge in [0, 0.05) is 19.1 Å². The summed E-state index contributed by atoms with van der Waals surface area (Å²) in [6.45, 7) is 4.41. The van der Waals surface area contributed by atoms with Crippen molar-refractivity contribution in [1.82, 2.24) is 5.32 Å². The Morgan fingerprint density at radius 3 is 2.86 bits per heavy atom. The van der Waals surface area contributed by atoms with Crippen molar-refractivity contribution < 1.29 is 0 Å². The maximum absolute atomic E-state index is 5.94. The molecule has 3 unspecified atom stereocenters. The van der Waals surface area contributed by atoms with E-state index in [4.69, 9.17) is 5.73 Å². The Morgan fingerprint density at radius 2 is 2.14 bits per heavy atom. The summed E-state index contributed by atoms with van der Waals surface area (Å²) >= 11 is 0. The van der Waals surface area contributed by atoms with Crippen LogP contribution in [0.1, 0.15) is 32.6 Å². The average Bonchev–Trinajstić information content (AvgIpc) is 2.18. The van der Waals surface area contributed by atoms with Gasteiger partial charge in [-0.05, 0) is 18.3 Å². The van der Waals surface area contributed by atoms with Crippen molar-refractivity contribution in [3.63, 3.8) is 0 Å². The highest BCUT2D eigenvalue weighted by Crippen LogP contribution is 2.34. The minimum atomic E-state index is 0.243. The van der Waals surface area contributed by atoms with Gasteiger partial charge in [0.2, 0.25) is 0 Å². The zero-order valence-electron chi connectivity index (χ0n) is 9.13. The van der Waals surface area contributed by atoms with Crippen LogP contribution in [0.5, 0.6) is 0 Å². The molecule has 0 amide bonds. The second kappa shape index (κ2) is 4.45. The zero-order valence-corrected chi connectivity index (χ0v) is 9.13. The third-order valence-electron chi connectivity index (χ3n) is 3.73. The standard InChI is InChI=1S/C12H22N2/c1-9-4-2-3-5-12(9)10-6-11(13)8-14-7-10/h6,9,11-12,14H,2-5,7-8,13H2,1H3. The number of rotatable bonds is 1. The SMILES string of the molecule is CC1CCCCC1C1=CC(N)CNC1. The zero-order chi connectivity index (χ0) is 9.97. The van der Waals surface area contributed by atoms with Crippen molar-refractivity contribution in [2.24, 2.45) is 17.6 Å². The molecule has 2 rings (SSSR count). The predicted octanol–water partition coefficient (Wildman–Crippen LogP) is 1.67. The van der Waals surface area contributed by atoms with Gasteiger partial charge in [-0.3, -0.25) is 0 Å². The molecule has 80 valence electrons. The minimum absolute atomic E-state index is 0.243. The number of hydrogen-bond acceptors (Lipinski definition) is 2. The summed E-state index contributed by atoms with van der Waals surface area (Å²) in [7, 11) is 0. The largest absolute Gasteiger partial charge is 0.323 e. The molecule has 0 aromatic rings. The summed E-state index contributed by atoms with van der Waals surface area (Å²) in [6, 6.07) is 0.243. The molecule has 1 aliphatic carbocycles. The second-order valence-corrected chi connectivity index (χ2v) is 4.90. The summed E-state index contributed by atoms with van der Waals surface area (Å²) in [4.78, 5) is 0. The molecular formula is C12H22N2. The molecule has 2 heteroatoms. The lowest BCUT2D eigenvalue weighted by Gasteiger charge is -2.33. The van der Waals surface area contributed by atoms with Crippen LogP contribution in [0.15, 0.2) is 11.6 Å². The van der Waals surface area contributed by atoms with Gasteiger partial charge in [0.25, 0.3) is 0 Å². The Morgan fingerprint density at radius 1 is 1.36 bits per heavy atom. The molecule has 0 spiro atoms. The van der Waals surface area contributed by atoms with Crippen molar-refractivity contribution in [2.75, 3.05) is 13.1 Å². The van der Waals surface area contributed by atoms with Gasteiger partial charge in [-0.2, -0.15) is 0 Å². The van der Waals surface area contributed by atoms with E-state index in [0.29, 0.717) is 0 Å². The van der Waals surface area contributed by atoms with Gasteiger partial charge in [-0.1, -0.05) is 37.8 Å². The molecule has 1 saturated carbocycles. The van der Waals surface area contributed by atoms with Crippen molar-refractivity contribution >= 4 is 0 Å². The van der Waals surface area contributed by atoms with Crippen LogP contribution >= 0.6 is 0 Å². The lowest BCUT2D eigenvalue weighted by molar-refractivity contribution is 0.285. The van der Waals surface area contributed by atoms with Gasteiger partial charge >= 0.3 is 0 Å². The molecule has 0 saturated heterocycles. The van der Waals surface area contributed by atoms with Crippen molar-refractivity contribution in [3.8, 4) is 0 Å². The monoisotopic (exact) mass is 194 g/mol. The van der Waals surface area contributed by atoms with Crippen LogP contribution in [0.3, 0.4) is 0 Å². The molecule has 3 N–H and O–H groups in total. The summed E-state index contributed by atoms with van der Waals surface area (Å²) in [5.74, 6) is 1.67. The van der Waals surface area contributed by atoms with Crippen LogP contribution in [0, 0.1) is 11.8 Å². The molecule has 1 heterocycles. The predicted molar refractivity (Wildman–Crippen MR) is 60.1 cm³/mol. The lowest BCUT2D eigenvalue weighted by Crippen LogP contribution is -2.40. The molecule has 2 nitrogen and oxygen atoms in total. The number of hydrogen-bond donors (Lipinski definition) is 2. The Hall–Kier alpha value is -0.340. The maximum atomic E-state index is 5.94. The van der Waals surface area contributed by atoms with Crippen molar-refractivity contribution in [3.05, 3.63) is 11.6 Å². The second-order valence-electron chi connectivity index (χ2n) is 4.90. The molecule has 0 radical (unpaired) electrons. The van der Waals surface area contributed by atoms with Crippen LogP contribution in [-0.2, 0) is 0 Å². The van der Waals surface area contributed by atoms with Crippen molar-refractivity contribution in [1.29, 1.82) is 0 Å². The molecule has 0 aromatic heterocycles. The molecular weight excluding hydrogens is 172 g/mol. The van der Waals surface area contributed by atoms with E-state index in [1.165, 1.54) is 25.7 Å². The molecule has 0 aromatic carbocycles. The van der Waals surface area contributed by atoms with Crippen molar-refractivity contribution in [2.45, 2.75) is 38.6 Å². The van der Waals surface area contributed by atoms with E-state index in [1.807, 2.05) is 0 Å². The lowest BCUT2D eigenvalue weighted by atomic mass is 9.75. The van der Waals surface area contributed by atoms with E-state index < -0.39 is 0 Å². The summed E-state index contributed by atoms with van der Waals surface area (Å²) in [5.41, 5.74) is 7.52. The first-order valence-corrected chi connectivity index (χ1v) is 5.94. The third kappa shape index (κ3) is 2.18. The van der Waals surface area contributed by atoms with Gasteiger partial charge in [0.05, 0.1) is 0 Å². The van der Waals surface area contributed by atoms with Crippen LogP contribution < -0.4 is 11.1 Å². The summed E-state index contributed by atoms with van der Waals surface area (Å²) < 4.78 is 0. The Balaban J connectivity index is 2.04. The number of nitrogens with two attached hydrogens (primary N) is 1. The van der Waals surface area contributed by atoms with Crippen LogP contribution in [0.25, 0.3) is 0 Å². The van der Waals surface area contributed by atoms with E-state index in [-0.39, 0.29) is 6.04 Å². The van der Waals surface area contributed by atoms with E-state index >= 15 is 0 Å². The molecule has 3 atom stereocenters. The minimum Gasteiger partial charge on any atom is -0.323 e. The molecule has 14 heavy (non-hydrogen) atoms. The van der Waals surface area contributed by atoms with Gasteiger partial charge in [-0.25, -0.2) is 0 Å². The van der Waals surface area contributed by atoms with Crippen LogP contribution in [-0.4, -0.2) is 19.1 Å². The molecule has 1 aliphatic heterocycles. The summed E-state index contributed by atoms with van der Waals surface area (Å²) in [5, 5.41) is 3.41. The normalized spacial score (nSPS) is 39.3. The summed E-state index contributed by atoms with van der Waals surface area (Å²) in [6.07, 6.45) is 7.91. The van der Waals surface area contributed by atoms with Crippen LogP contribution in [0.4, 0.5) is 0 Å². The highest BCUT2D eigenvalue weighted by Gasteiger charge is 2.26. The Bertz CT molecular complexity index is 222. The molecule has 0 bridgehead atoms. The first kappa shape index (κ1) is 10.2. The maximum Gasteiger partial charge on any atom is 0.0354 e.